The molecule has 5 nitrogen and oxygen atoms in total. The molecule has 0 aromatic heterocycles. The van der Waals surface area contributed by atoms with E-state index in [1.165, 1.54) is 0 Å². The Hall–Kier alpha value is -1.01. The second-order valence-electron chi connectivity index (χ2n) is 9.27. The van der Waals surface area contributed by atoms with Crippen LogP contribution in [0.4, 0.5) is 0 Å². The van der Waals surface area contributed by atoms with Crippen LogP contribution < -0.4 is 0 Å². The number of aliphatic hydroxyl groups excluding tert-OH is 3. The average molecular weight is 348 g/mol. The number of fused-ring (bicyclic) bond motifs is 3. The largest absolute Gasteiger partial charge is 0.392 e. The molecule has 5 heteroatoms. The number of carbonyl (C=O) groups excluding carboxylic acids is 1. The lowest BCUT2D eigenvalue weighted by atomic mass is 9.59. The van der Waals surface area contributed by atoms with Gasteiger partial charge in [0.05, 0.1) is 12.0 Å². The molecular formula is C20H28O5. The molecule has 4 rings (SSSR count). The molecule has 0 heterocycles. The van der Waals surface area contributed by atoms with Gasteiger partial charge in [-0.3, -0.25) is 4.79 Å². The Balaban J connectivity index is 1.99. The molecule has 2 bridgehead atoms. The topological polar surface area (TPSA) is 98.0 Å². The van der Waals surface area contributed by atoms with Crippen LogP contribution in [0.25, 0.3) is 0 Å². The summed E-state index contributed by atoms with van der Waals surface area (Å²) in [7, 11) is 0. The molecule has 0 aromatic rings. The molecule has 4 aliphatic rings. The Labute approximate surface area is 148 Å². The molecule has 0 aliphatic heterocycles. The Kier molecular flexibility index (Phi) is 3.36. The lowest BCUT2D eigenvalue weighted by molar-refractivity contribution is -0.190. The number of Topliss-reactive ketones (excluding diaryl/α,β-unsaturated/α-hetero) is 1. The van der Waals surface area contributed by atoms with Crippen LogP contribution in [0.1, 0.15) is 34.1 Å². The fourth-order valence-electron chi connectivity index (χ4n) is 6.43. The second kappa shape index (κ2) is 4.83. The standard InChI is InChI=1S/C20H28O5/c1-9-7-19-10(2)5-13-14(18(13,3)4)12(17(19)24)6-11(8-21)16(23)20(19,25)15(9)22/h6-7,10,12-16,21-23,25H,5,8H2,1-4H3/t10-,12+,13-,14+,15?,16-,19?,20-/m1/s1. The minimum absolute atomic E-state index is 0.0245. The van der Waals surface area contributed by atoms with Crippen LogP contribution in [-0.4, -0.2) is 50.6 Å². The van der Waals surface area contributed by atoms with E-state index in [2.05, 4.69) is 13.8 Å². The fraction of sp³-hybridized carbons (Fsp3) is 0.750. The van der Waals surface area contributed by atoms with E-state index in [0.29, 0.717) is 11.5 Å². The van der Waals surface area contributed by atoms with E-state index in [4.69, 9.17) is 0 Å². The zero-order valence-corrected chi connectivity index (χ0v) is 15.2. The van der Waals surface area contributed by atoms with Gasteiger partial charge >= 0.3 is 0 Å². The smallest absolute Gasteiger partial charge is 0.153 e. The first-order valence-corrected chi connectivity index (χ1v) is 9.18. The number of rotatable bonds is 1. The molecule has 0 amide bonds. The van der Waals surface area contributed by atoms with Gasteiger partial charge < -0.3 is 20.4 Å². The van der Waals surface area contributed by atoms with Gasteiger partial charge in [0, 0.05) is 5.92 Å². The first kappa shape index (κ1) is 17.4. The molecule has 4 N–H and O–H groups in total. The normalized spacial score (nSPS) is 53.2. The summed E-state index contributed by atoms with van der Waals surface area (Å²) in [6.45, 7) is 7.50. The maximum Gasteiger partial charge on any atom is 0.153 e. The molecular weight excluding hydrogens is 320 g/mol. The van der Waals surface area contributed by atoms with Crippen LogP contribution >= 0.6 is 0 Å². The molecule has 0 saturated heterocycles. The number of hydrogen-bond acceptors (Lipinski definition) is 5. The monoisotopic (exact) mass is 348 g/mol. The van der Waals surface area contributed by atoms with Gasteiger partial charge in [-0.25, -0.2) is 0 Å². The molecule has 2 fully saturated rings. The van der Waals surface area contributed by atoms with Crippen molar-refractivity contribution in [3.8, 4) is 0 Å². The highest BCUT2D eigenvalue weighted by Gasteiger charge is 2.75. The van der Waals surface area contributed by atoms with E-state index in [9.17, 15) is 25.2 Å². The Morgan fingerprint density at radius 3 is 2.48 bits per heavy atom. The molecule has 2 saturated carbocycles. The summed E-state index contributed by atoms with van der Waals surface area (Å²) in [5, 5.41) is 43.0. The van der Waals surface area contributed by atoms with E-state index >= 15 is 0 Å². The summed E-state index contributed by atoms with van der Waals surface area (Å²) in [6, 6.07) is 0. The van der Waals surface area contributed by atoms with Crippen molar-refractivity contribution in [1.82, 2.24) is 0 Å². The summed E-state index contributed by atoms with van der Waals surface area (Å²) in [5.74, 6) is -0.288. The summed E-state index contributed by atoms with van der Waals surface area (Å²) in [4.78, 5) is 13.7. The van der Waals surface area contributed by atoms with Crippen molar-refractivity contribution in [2.24, 2.45) is 34.5 Å². The van der Waals surface area contributed by atoms with Gasteiger partial charge in [0.15, 0.2) is 5.78 Å². The number of allylic oxidation sites excluding steroid dienone is 1. The van der Waals surface area contributed by atoms with Crippen LogP contribution in [0.15, 0.2) is 23.3 Å². The van der Waals surface area contributed by atoms with Gasteiger partial charge in [-0.2, -0.15) is 0 Å². The SMILES string of the molecule is CC1=CC23C(=O)[C@@H](C=C(CO)[C@@H](O)[C@]2(O)C1O)[C@H]1[C@@H](C[C@H]3C)C1(C)C. The summed E-state index contributed by atoms with van der Waals surface area (Å²) in [6.07, 6.45) is 1.34. The van der Waals surface area contributed by atoms with Crippen LogP contribution in [0, 0.1) is 34.5 Å². The minimum Gasteiger partial charge on any atom is -0.392 e. The van der Waals surface area contributed by atoms with Crippen molar-refractivity contribution in [1.29, 1.82) is 0 Å². The molecule has 2 unspecified atom stereocenters. The maximum atomic E-state index is 13.7. The second-order valence-corrected chi connectivity index (χ2v) is 9.27. The zero-order valence-electron chi connectivity index (χ0n) is 15.2. The van der Waals surface area contributed by atoms with E-state index in [1.807, 2.05) is 6.92 Å². The van der Waals surface area contributed by atoms with Gasteiger partial charge in [0.1, 0.15) is 17.8 Å². The third-order valence-electron chi connectivity index (χ3n) is 7.93. The molecule has 25 heavy (non-hydrogen) atoms. The van der Waals surface area contributed by atoms with Crippen LogP contribution in [-0.2, 0) is 4.79 Å². The van der Waals surface area contributed by atoms with Gasteiger partial charge in [0.2, 0.25) is 0 Å². The van der Waals surface area contributed by atoms with Gasteiger partial charge in [-0.15, -0.1) is 0 Å². The van der Waals surface area contributed by atoms with Crippen molar-refractivity contribution in [3.05, 3.63) is 23.3 Å². The summed E-state index contributed by atoms with van der Waals surface area (Å²) < 4.78 is 0. The highest BCUT2D eigenvalue weighted by Crippen LogP contribution is 2.71. The average Bonchev–Trinajstić information content (AvgIpc) is 3.05. The maximum absolute atomic E-state index is 13.7. The molecule has 1 spiro atoms. The van der Waals surface area contributed by atoms with E-state index in [0.717, 1.165) is 6.42 Å². The summed E-state index contributed by atoms with van der Waals surface area (Å²) >= 11 is 0. The van der Waals surface area contributed by atoms with Crippen molar-refractivity contribution in [2.45, 2.75) is 51.9 Å². The molecule has 138 valence electrons. The Bertz CT molecular complexity index is 707. The minimum atomic E-state index is -2.03. The number of ketones is 1. The fourth-order valence-corrected chi connectivity index (χ4v) is 6.43. The summed E-state index contributed by atoms with van der Waals surface area (Å²) in [5.41, 5.74) is -2.58. The van der Waals surface area contributed by atoms with Crippen molar-refractivity contribution < 1.29 is 25.2 Å². The Morgan fingerprint density at radius 1 is 1.24 bits per heavy atom. The lowest BCUT2D eigenvalue weighted by Crippen LogP contribution is -2.65. The van der Waals surface area contributed by atoms with E-state index < -0.39 is 35.7 Å². The third kappa shape index (κ3) is 1.71. The first-order valence-electron chi connectivity index (χ1n) is 9.18. The van der Waals surface area contributed by atoms with Crippen LogP contribution in [0.5, 0.6) is 0 Å². The van der Waals surface area contributed by atoms with E-state index in [-0.39, 0.29) is 28.6 Å². The van der Waals surface area contributed by atoms with Crippen molar-refractivity contribution in [3.63, 3.8) is 0 Å². The van der Waals surface area contributed by atoms with Gasteiger partial charge in [-0.05, 0) is 47.7 Å². The van der Waals surface area contributed by atoms with Crippen LogP contribution in [0.3, 0.4) is 0 Å². The molecule has 4 aliphatic carbocycles. The highest BCUT2D eigenvalue weighted by molar-refractivity contribution is 5.95. The zero-order chi connectivity index (χ0) is 18.5. The predicted octanol–water partition coefficient (Wildman–Crippen LogP) is 0.815. The number of aliphatic hydroxyl groups is 4. The quantitative estimate of drug-likeness (QED) is 0.526. The van der Waals surface area contributed by atoms with E-state index in [1.54, 1.807) is 19.1 Å². The van der Waals surface area contributed by atoms with Crippen molar-refractivity contribution in [2.75, 3.05) is 6.61 Å². The molecule has 0 radical (unpaired) electrons. The Morgan fingerprint density at radius 2 is 1.88 bits per heavy atom. The number of hydrogen-bond donors (Lipinski definition) is 4. The third-order valence-corrected chi connectivity index (χ3v) is 7.93. The predicted molar refractivity (Wildman–Crippen MR) is 91.4 cm³/mol. The van der Waals surface area contributed by atoms with Crippen molar-refractivity contribution >= 4 is 5.78 Å². The molecule has 8 atom stereocenters. The van der Waals surface area contributed by atoms with Crippen LogP contribution in [0.2, 0.25) is 0 Å². The van der Waals surface area contributed by atoms with Gasteiger partial charge in [0.25, 0.3) is 0 Å². The highest BCUT2D eigenvalue weighted by atomic mass is 16.4. The number of carbonyl (C=O) groups is 1. The lowest BCUT2D eigenvalue weighted by Gasteiger charge is -2.48. The van der Waals surface area contributed by atoms with Gasteiger partial charge in [-0.1, -0.05) is 32.9 Å². The first-order chi connectivity index (χ1) is 11.5. The molecule has 0 aromatic carbocycles.